The monoisotopic (exact) mass is 202 g/mol. The Morgan fingerprint density at radius 2 is 1.55 bits per heavy atom. The lowest BCUT2D eigenvalue weighted by Gasteiger charge is -1.94. The van der Waals surface area contributed by atoms with Gasteiger partial charge in [-0.1, -0.05) is 0 Å². The van der Waals surface area contributed by atoms with Crippen molar-refractivity contribution in [1.82, 2.24) is 0 Å². The van der Waals surface area contributed by atoms with Crippen LogP contribution in [0, 0.1) is 11.3 Å². The lowest BCUT2D eigenvalue weighted by atomic mass is 11.4. The summed E-state index contributed by atoms with van der Waals surface area (Å²) in [5, 5.41) is 7.62. The summed E-state index contributed by atoms with van der Waals surface area (Å²) in [6.45, 7) is 0. The first kappa shape index (κ1) is 10.8. The second-order valence-corrected chi connectivity index (χ2v) is 4.11. The Morgan fingerprint density at radius 1 is 1.09 bits per heavy atom. The van der Waals surface area contributed by atoms with Gasteiger partial charge in [0, 0.05) is 11.3 Å². The topological polar surface area (TPSA) is 124 Å². The van der Waals surface area contributed by atoms with Crippen molar-refractivity contribution >= 4 is 15.2 Å². The molecule has 0 aliphatic heterocycles. The summed E-state index contributed by atoms with van der Waals surface area (Å²) in [6, 6.07) is 0. The Kier molecular flexibility index (Phi) is 3.42. The third-order valence-electron chi connectivity index (χ3n) is 0.448. The van der Waals surface area contributed by atoms with Crippen LogP contribution in [0.1, 0.15) is 0 Å². The van der Waals surface area contributed by atoms with E-state index >= 15 is 0 Å². The molecule has 1 atom stereocenters. The van der Waals surface area contributed by atoms with E-state index in [2.05, 4.69) is 4.67 Å². The molecule has 0 fully saturated rings. The van der Waals surface area contributed by atoms with Gasteiger partial charge < -0.3 is 14.7 Å². The van der Waals surface area contributed by atoms with E-state index in [1.807, 2.05) is 0 Å². The van der Waals surface area contributed by atoms with Gasteiger partial charge in [-0.25, -0.2) is 14.4 Å². The molecule has 0 spiro atoms. The maximum atomic E-state index is 10.2. The summed E-state index contributed by atoms with van der Waals surface area (Å²) < 4.78 is 23.1. The van der Waals surface area contributed by atoms with E-state index in [0.717, 1.165) is 5.66 Å². The first-order valence-electron chi connectivity index (χ1n) is 2.03. The molecule has 0 heterocycles. The molecule has 64 valence electrons. The highest BCUT2D eigenvalue weighted by atomic mass is 31.2. The largest absolute Gasteiger partial charge is 0.430 e. The van der Waals surface area contributed by atoms with Crippen LogP contribution in [0.3, 0.4) is 0 Å². The third kappa shape index (κ3) is 6.23. The fraction of sp³-hybridized carbons (Fsp3) is 0. The van der Waals surface area contributed by atoms with E-state index in [-0.39, 0.29) is 0 Å². The number of hydrogen-bond acceptors (Lipinski definition) is 4. The van der Waals surface area contributed by atoms with Gasteiger partial charge in [-0.05, 0) is 0 Å². The van der Waals surface area contributed by atoms with E-state index in [0.29, 0.717) is 0 Å². The Bertz CT molecular complexity index is 277. The molecule has 0 radical (unpaired) electrons. The van der Waals surface area contributed by atoms with Crippen molar-refractivity contribution in [3.05, 3.63) is 0 Å². The molecular weight excluding hydrogens is 198 g/mol. The molecule has 0 bridgehead atoms. The molecule has 0 aliphatic carbocycles. The highest BCUT2D eigenvalue weighted by Crippen LogP contribution is 2.42. The predicted octanol–water partition coefficient (Wildman–Crippen LogP) is -0.242. The first-order chi connectivity index (χ1) is 4.77. The Balaban J connectivity index is 4.57. The van der Waals surface area contributed by atoms with Gasteiger partial charge >= 0.3 is 15.2 Å². The molecule has 0 saturated carbocycles. The zero-order valence-corrected chi connectivity index (χ0v) is 6.70. The smallest absolute Gasteiger partial charge is 0.315 e. The molecule has 0 aromatic heterocycles. The maximum Gasteiger partial charge on any atom is 0.430 e. The molecule has 0 rings (SSSR count). The molecular formula is C2H4O7P2. The molecule has 7 nitrogen and oxygen atoms in total. The van der Waals surface area contributed by atoms with Gasteiger partial charge in [0.15, 0.2) is 0 Å². The van der Waals surface area contributed by atoms with Crippen molar-refractivity contribution in [1.29, 1.82) is 0 Å². The summed E-state index contributed by atoms with van der Waals surface area (Å²) in [5.41, 5.74) is 2.31. The molecule has 0 aromatic rings. The van der Waals surface area contributed by atoms with E-state index < -0.39 is 15.2 Å². The molecule has 0 aliphatic rings. The van der Waals surface area contributed by atoms with Gasteiger partial charge in [0.1, 0.15) is 0 Å². The molecule has 0 saturated heterocycles. The highest BCUT2D eigenvalue weighted by Gasteiger charge is 2.17. The number of hydrogen-bond donors (Lipinski definition) is 4. The molecule has 0 amide bonds. The van der Waals surface area contributed by atoms with Crippen LogP contribution in [0.15, 0.2) is 0 Å². The Hall–Kier alpha value is -0.180. The fourth-order valence-corrected chi connectivity index (χ4v) is 1.22. The summed E-state index contributed by atoms with van der Waals surface area (Å²) in [7, 11) is -9.23. The van der Waals surface area contributed by atoms with E-state index in [9.17, 15) is 9.13 Å². The first-order valence-corrected chi connectivity index (χ1v) is 5.22. The quantitative estimate of drug-likeness (QED) is 0.200. The predicted molar refractivity (Wildman–Crippen MR) is 33.4 cm³/mol. The van der Waals surface area contributed by atoms with Gasteiger partial charge in [-0.2, -0.15) is 0 Å². The van der Waals surface area contributed by atoms with E-state index in [1.54, 1.807) is 0 Å². The molecule has 9 heteroatoms. The summed E-state index contributed by atoms with van der Waals surface area (Å²) in [5.74, 6) is 0. The van der Waals surface area contributed by atoms with Crippen molar-refractivity contribution < 1.29 is 33.7 Å². The van der Waals surface area contributed by atoms with Crippen LogP contribution in [0.2, 0.25) is 0 Å². The average Bonchev–Trinajstić information content (AvgIpc) is 1.83. The lowest BCUT2D eigenvalue weighted by molar-refractivity contribution is -0.143. The minimum absolute atomic E-state index is 1.13. The Morgan fingerprint density at radius 3 is 1.82 bits per heavy atom. The maximum absolute atomic E-state index is 10.2. The Labute approximate surface area is 61.2 Å². The van der Waals surface area contributed by atoms with E-state index in [1.165, 1.54) is 5.66 Å². The van der Waals surface area contributed by atoms with Crippen molar-refractivity contribution in [2.75, 3.05) is 0 Å². The molecule has 1 unspecified atom stereocenters. The van der Waals surface area contributed by atoms with Gasteiger partial charge in [-0.3, -0.25) is 0 Å². The molecule has 0 aromatic carbocycles. The van der Waals surface area contributed by atoms with Crippen LogP contribution < -0.4 is 0 Å². The second-order valence-electron chi connectivity index (χ2n) is 1.37. The lowest BCUT2D eigenvalue weighted by Crippen LogP contribution is -1.79. The highest BCUT2D eigenvalue weighted by molar-refractivity contribution is 7.61. The van der Waals surface area contributed by atoms with Crippen LogP contribution in [0.5, 0.6) is 0 Å². The molecule has 4 N–H and O–H groups in total. The standard InChI is InChI=1S/C2H4O7P2/c3-9-11(7,8)2-1-10(4,5)6/h3H,(H,7,8)(H2,4,5,6). The van der Waals surface area contributed by atoms with Gasteiger partial charge in [0.05, 0.1) is 0 Å². The third-order valence-corrected chi connectivity index (χ3v) is 1.64. The summed E-state index contributed by atoms with van der Waals surface area (Å²) >= 11 is 0. The van der Waals surface area contributed by atoms with Crippen LogP contribution in [-0.4, -0.2) is 19.9 Å². The van der Waals surface area contributed by atoms with Crippen molar-refractivity contribution in [3.8, 4) is 11.3 Å². The minimum Gasteiger partial charge on any atom is -0.315 e. The zero-order chi connectivity index (χ0) is 9.12. The second kappa shape index (κ2) is 3.48. The van der Waals surface area contributed by atoms with Crippen LogP contribution in [0.4, 0.5) is 0 Å². The summed E-state index contributed by atoms with van der Waals surface area (Å²) in [4.78, 5) is 24.3. The van der Waals surface area contributed by atoms with Gasteiger partial charge in [0.2, 0.25) is 0 Å². The molecule has 11 heavy (non-hydrogen) atoms. The van der Waals surface area contributed by atoms with E-state index in [4.69, 9.17) is 19.9 Å². The van der Waals surface area contributed by atoms with Crippen LogP contribution in [-0.2, 0) is 13.8 Å². The van der Waals surface area contributed by atoms with Crippen LogP contribution in [0.25, 0.3) is 0 Å². The van der Waals surface area contributed by atoms with Gasteiger partial charge in [-0.15, -0.1) is 4.67 Å². The SMILES string of the molecule is O=P(O)(O)C#CP(=O)(O)OO. The van der Waals surface area contributed by atoms with Gasteiger partial charge in [0.25, 0.3) is 0 Å². The zero-order valence-electron chi connectivity index (χ0n) is 4.91. The minimum atomic E-state index is -4.66. The number of rotatable bonds is 1. The fourth-order valence-electron chi connectivity index (χ4n) is 0.149. The van der Waals surface area contributed by atoms with Crippen LogP contribution >= 0.6 is 15.2 Å². The van der Waals surface area contributed by atoms with Crippen molar-refractivity contribution in [2.24, 2.45) is 0 Å². The normalized spacial score (nSPS) is 16.4. The van der Waals surface area contributed by atoms with Crippen molar-refractivity contribution in [2.45, 2.75) is 0 Å². The average molecular weight is 202 g/mol. The van der Waals surface area contributed by atoms with Crippen molar-refractivity contribution in [3.63, 3.8) is 0 Å². The summed E-state index contributed by atoms with van der Waals surface area (Å²) in [6.07, 6.45) is 0.